The standard InChI is InChI=1S/C21H30N2O3/c1-17-6-2-3-7-18(17)13-22-15-21(16-22)12-19(8-11-26-21)25-14-20(24)23-9-4-5-10-23/h2-3,6-7,19H,4-5,8-16H2,1H3/t19-/m1/s1. The van der Waals surface area contributed by atoms with Crippen molar-refractivity contribution in [2.24, 2.45) is 0 Å². The molecule has 0 unspecified atom stereocenters. The van der Waals surface area contributed by atoms with Crippen LogP contribution in [0.3, 0.4) is 0 Å². The van der Waals surface area contributed by atoms with E-state index in [2.05, 4.69) is 36.1 Å². The van der Waals surface area contributed by atoms with Gasteiger partial charge >= 0.3 is 0 Å². The molecule has 3 aliphatic heterocycles. The second-order valence-electron chi connectivity index (χ2n) is 8.12. The molecule has 3 heterocycles. The van der Waals surface area contributed by atoms with Crippen LogP contribution in [0.5, 0.6) is 0 Å². The Morgan fingerprint density at radius 2 is 2.04 bits per heavy atom. The first-order valence-corrected chi connectivity index (χ1v) is 9.94. The van der Waals surface area contributed by atoms with Crippen LogP contribution in [0, 0.1) is 6.92 Å². The van der Waals surface area contributed by atoms with Crippen LogP contribution in [0.15, 0.2) is 24.3 Å². The van der Waals surface area contributed by atoms with Gasteiger partial charge in [-0.05, 0) is 37.3 Å². The first-order chi connectivity index (χ1) is 12.6. The van der Waals surface area contributed by atoms with E-state index in [0.717, 1.165) is 65.0 Å². The molecule has 0 bridgehead atoms. The van der Waals surface area contributed by atoms with Gasteiger partial charge in [0.15, 0.2) is 0 Å². The summed E-state index contributed by atoms with van der Waals surface area (Å²) in [7, 11) is 0. The number of nitrogens with zero attached hydrogens (tertiary/aromatic N) is 2. The van der Waals surface area contributed by atoms with Crippen LogP contribution in [0.25, 0.3) is 0 Å². The van der Waals surface area contributed by atoms with Crippen molar-refractivity contribution in [2.45, 2.75) is 50.9 Å². The van der Waals surface area contributed by atoms with Gasteiger partial charge in [0.05, 0.1) is 11.7 Å². The molecule has 5 nitrogen and oxygen atoms in total. The summed E-state index contributed by atoms with van der Waals surface area (Å²) in [5.41, 5.74) is 2.67. The summed E-state index contributed by atoms with van der Waals surface area (Å²) < 4.78 is 12.1. The monoisotopic (exact) mass is 358 g/mol. The van der Waals surface area contributed by atoms with E-state index in [1.54, 1.807) is 0 Å². The maximum absolute atomic E-state index is 12.2. The first-order valence-electron chi connectivity index (χ1n) is 9.94. The molecule has 1 amide bonds. The largest absolute Gasteiger partial charge is 0.372 e. The number of hydrogen-bond donors (Lipinski definition) is 0. The average molecular weight is 358 g/mol. The highest BCUT2D eigenvalue weighted by Gasteiger charge is 2.47. The molecular formula is C21H30N2O3. The van der Waals surface area contributed by atoms with Crippen molar-refractivity contribution in [1.82, 2.24) is 9.80 Å². The van der Waals surface area contributed by atoms with E-state index in [-0.39, 0.29) is 24.2 Å². The van der Waals surface area contributed by atoms with Crippen LogP contribution in [0.2, 0.25) is 0 Å². The molecule has 26 heavy (non-hydrogen) atoms. The molecule has 0 N–H and O–H groups in total. The first kappa shape index (κ1) is 18.0. The zero-order valence-electron chi connectivity index (χ0n) is 15.8. The molecule has 1 spiro atoms. The fraction of sp³-hybridized carbons (Fsp3) is 0.667. The van der Waals surface area contributed by atoms with E-state index < -0.39 is 0 Å². The summed E-state index contributed by atoms with van der Waals surface area (Å²) >= 11 is 0. The summed E-state index contributed by atoms with van der Waals surface area (Å²) in [6, 6.07) is 8.57. The lowest BCUT2D eigenvalue weighted by Gasteiger charge is -2.53. The van der Waals surface area contributed by atoms with E-state index >= 15 is 0 Å². The SMILES string of the molecule is Cc1ccccc1CN1CC2(C[C@H](OCC(=O)N3CCCC3)CCO2)C1. The van der Waals surface area contributed by atoms with Crippen molar-refractivity contribution in [3.8, 4) is 0 Å². The van der Waals surface area contributed by atoms with Gasteiger partial charge in [-0.3, -0.25) is 9.69 Å². The quantitative estimate of drug-likeness (QED) is 0.810. The molecule has 3 fully saturated rings. The molecule has 4 rings (SSSR count). The van der Waals surface area contributed by atoms with Crippen molar-refractivity contribution in [3.63, 3.8) is 0 Å². The zero-order valence-corrected chi connectivity index (χ0v) is 15.8. The predicted octanol–water partition coefficient (Wildman–Crippen LogP) is 2.37. The fourth-order valence-corrected chi connectivity index (χ4v) is 4.50. The zero-order chi connectivity index (χ0) is 18.0. The number of ether oxygens (including phenoxy) is 2. The van der Waals surface area contributed by atoms with E-state index in [4.69, 9.17) is 9.47 Å². The van der Waals surface area contributed by atoms with E-state index in [9.17, 15) is 4.79 Å². The van der Waals surface area contributed by atoms with Crippen LogP contribution in [-0.2, 0) is 20.8 Å². The molecule has 0 saturated carbocycles. The number of carbonyl (C=O) groups is 1. The predicted molar refractivity (Wildman–Crippen MR) is 99.9 cm³/mol. The lowest BCUT2D eigenvalue weighted by molar-refractivity contribution is -0.200. The Kier molecular flexibility index (Phi) is 5.30. The second-order valence-corrected chi connectivity index (χ2v) is 8.12. The molecule has 3 saturated heterocycles. The number of aryl methyl sites for hydroxylation is 1. The Bertz CT molecular complexity index is 636. The summed E-state index contributed by atoms with van der Waals surface area (Å²) in [5, 5.41) is 0. The molecular weight excluding hydrogens is 328 g/mol. The van der Waals surface area contributed by atoms with Crippen molar-refractivity contribution >= 4 is 5.91 Å². The minimum Gasteiger partial charge on any atom is -0.372 e. The number of carbonyl (C=O) groups excluding carboxylic acids is 1. The number of hydrogen-bond acceptors (Lipinski definition) is 4. The molecule has 0 aliphatic carbocycles. The lowest BCUT2D eigenvalue weighted by atomic mass is 9.84. The normalized spacial score (nSPS) is 25.4. The Balaban J connectivity index is 1.24. The Morgan fingerprint density at radius 3 is 2.81 bits per heavy atom. The highest BCUT2D eigenvalue weighted by molar-refractivity contribution is 5.77. The topological polar surface area (TPSA) is 42.0 Å². The third-order valence-electron chi connectivity index (χ3n) is 6.03. The Hall–Kier alpha value is -1.43. The van der Waals surface area contributed by atoms with Crippen molar-refractivity contribution < 1.29 is 14.3 Å². The number of likely N-dealkylation sites (tertiary alicyclic amines) is 2. The number of rotatable bonds is 5. The summed E-state index contributed by atoms with van der Waals surface area (Å²) in [4.78, 5) is 16.6. The summed E-state index contributed by atoms with van der Waals surface area (Å²) in [6.45, 7) is 7.83. The van der Waals surface area contributed by atoms with Crippen molar-refractivity contribution in [2.75, 3.05) is 39.4 Å². The minimum absolute atomic E-state index is 0.0672. The third-order valence-corrected chi connectivity index (χ3v) is 6.03. The molecule has 3 aliphatic rings. The molecule has 1 atom stereocenters. The maximum Gasteiger partial charge on any atom is 0.248 e. The molecule has 5 heteroatoms. The van der Waals surface area contributed by atoms with Gasteiger partial charge in [-0.15, -0.1) is 0 Å². The van der Waals surface area contributed by atoms with E-state index in [0.29, 0.717) is 0 Å². The number of amides is 1. The van der Waals surface area contributed by atoms with Crippen LogP contribution in [0.1, 0.15) is 36.8 Å². The minimum atomic E-state index is -0.0672. The van der Waals surface area contributed by atoms with Gasteiger partial charge in [0.2, 0.25) is 5.91 Å². The van der Waals surface area contributed by atoms with Gasteiger partial charge < -0.3 is 14.4 Å². The van der Waals surface area contributed by atoms with Crippen molar-refractivity contribution in [1.29, 1.82) is 0 Å². The Morgan fingerprint density at radius 1 is 1.27 bits per heavy atom. The second kappa shape index (κ2) is 7.67. The van der Waals surface area contributed by atoms with Gasteiger partial charge in [-0.25, -0.2) is 0 Å². The van der Waals surface area contributed by atoms with Crippen LogP contribution in [-0.4, -0.2) is 66.8 Å². The van der Waals surface area contributed by atoms with Gasteiger partial charge in [0, 0.05) is 45.8 Å². The summed E-state index contributed by atoms with van der Waals surface area (Å²) in [6.07, 6.45) is 4.21. The van der Waals surface area contributed by atoms with Gasteiger partial charge in [-0.1, -0.05) is 24.3 Å². The van der Waals surface area contributed by atoms with Gasteiger partial charge in [0.1, 0.15) is 6.61 Å². The smallest absolute Gasteiger partial charge is 0.248 e. The highest BCUT2D eigenvalue weighted by Crippen LogP contribution is 2.36. The van der Waals surface area contributed by atoms with Crippen LogP contribution >= 0.6 is 0 Å². The van der Waals surface area contributed by atoms with E-state index in [1.165, 1.54) is 11.1 Å². The molecule has 0 radical (unpaired) electrons. The molecule has 1 aromatic carbocycles. The molecule has 142 valence electrons. The van der Waals surface area contributed by atoms with Gasteiger partial charge in [0.25, 0.3) is 0 Å². The number of benzene rings is 1. The fourth-order valence-electron chi connectivity index (χ4n) is 4.50. The third kappa shape index (κ3) is 3.95. The van der Waals surface area contributed by atoms with Crippen LogP contribution in [0.4, 0.5) is 0 Å². The highest BCUT2D eigenvalue weighted by atomic mass is 16.5. The maximum atomic E-state index is 12.2. The van der Waals surface area contributed by atoms with Crippen molar-refractivity contribution in [3.05, 3.63) is 35.4 Å². The summed E-state index contributed by atoms with van der Waals surface area (Å²) in [5.74, 6) is 0.151. The molecule has 1 aromatic rings. The van der Waals surface area contributed by atoms with Crippen LogP contribution < -0.4 is 0 Å². The van der Waals surface area contributed by atoms with Gasteiger partial charge in [-0.2, -0.15) is 0 Å². The Labute approximate surface area is 156 Å². The average Bonchev–Trinajstić information content (AvgIpc) is 3.15. The van der Waals surface area contributed by atoms with E-state index in [1.807, 2.05) is 4.90 Å². The molecule has 0 aromatic heterocycles. The lowest BCUT2D eigenvalue weighted by Crippen LogP contribution is -2.65.